The van der Waals surface area contributed by atoms with Crippen LogP contribution in [0, 0.1) is 5.92 Å². The normalized spacial score (nSPS) is 17.7. The van der Waals surface area contributed by atoms with Crippen LogP contribution in [0.3, 0.4) is 0 Å². The van der Waals surface area contributed by atoms with Gasteiger partial charge in [-0.05, 0) is 43.4 Å². The molecule has 0 spiro atoms. The van der Waals surface area contributed by atoms with Crippen LogP contribution in [0.2, 0.25) is 0 Å². The summed E-state index contributed by atoms with van der Waals surface area (Å²) in [5.74, 6) is 0.811. The Morgan fingerprint density at radius 1 is 1.31 bits per heavy atom. The van der Waals surface area contributed by atoms with Gasteiger partial charge in [0.2, 0.25) is 5.91 Å². The fourth-order valence-electron chi connectivity index (χ4n) is 3.21. The molecule has 2 rings (SSSR count). The number of carbonyl (C=O) groups excluding carboxylic acids is 2. The molecule has 142 valence electrons. The van der Waals surface area contributed by atoms with Gasteiger partial charge in [0.15, 0.2) is 5.96 Å². The van der Waals surface area contributed by atoms with Crippen molar-refractivity contribution in [2.75, 3.05) is 26.7 Å². The van der Waals surface area contributed by atoms with E-state index in [1.807, 2.05) is 19.1 Å². The molecule has 1 heterocycles. The van der Waals surface area contributed by atoms with Gasteiger partial charge < -0.3 is 21.3 Å². The molecule has 1 fully saturated rings. The van der Waals surface area contributed by atoms with Crippen LogP contribution in [-0.2, 0) is 11.3 Å². The van der Waals surface area contributed by atoms with Crippen molar-refractivity contribution in [3.8, 4) is 0 Å². The standard InChI is InChI=1S/C19H29N5O2/c1-3-22-19(24-10-4-5-15(13-24)11-17(20)25)23-12-14-6-8-16(9-7-14)18(26)21-2/h6-9,15H,3-5,10-13H2,1-2H3,(H2,20,25)(H,21,26)(H,22,23). The summed E-state index contributed by atoms with van der Waals surface area (Å²) in [7, 11) is 1.62. The van der Waals surface area contributed by atoms with E-state index in [-0.39, 0.29) is 17.7 Å². The summed E-state index contributed by atoms with van der Waals surface area (Å²) < 4.78 is 0. The zero-order valence-electron chi connectivity index (χ0n) is 15.6. The van der Waals surface area contributed by atoms with E-state index in [2.05, 4.69) is 15.5 Å². The van der Waals surface area contributed by atoms with Crippen molar-refractivity contribution in [1.29, 1.82) is 0 Å². The average Bonchev–Trinajstić information content (AvgIpc) is 2.64. The van der Waals surface area contributed by atoms with E-state index in [9.17, 15) is 9.59 Å². The van der Waals surface area contributed by atoms with E-state index in [1.54, 1.807) is 19.2 Å². The smallest absolute Gasteiger partial charge is 0.251 e. The highest BCUT2D eigenvalue weighted by Gasteiger charge is 2.23. The average molecular weight is 359 g/mol. The van der Waals surface area contributed by atoms with Gasteiger partial charge in [-0.3, -0.25) is 9.59 Å². The lowest BCUT2D eigenvalue weighted by Crippen LogP contribution is -2.47. The molecule has 1 aromatic carbocycles. The largest absolute Gasteiger partial charge is 0.370 e. The summed E-state index contributed by atoms with van der Waals surface area (Å²) in [6, 6.07) is 7.45. The highest BCUT2D eigenvalue weighted by Crippen LogP contribution is 2.19. The molecule has 0 radical (unpaired) electrons. The fraction of sp³-hybridized carbons (Fsp3) is 0.526. The number of nitrogens with one attached hydrogen (secondary N) is 2. The Bertz CT molecular complexity index is 642. The van der Waals surface area contributed by atoms with Crippen molar-refractivity contribution in [2.45, 2.75) is 32.7 Å². The van der Waals surface area contributed by atoms with E-state index < -0.39 is 0 Å². The number of benzene rings is 1. The number of aliphatic imine (C=N–C) groups is 1. The van der Waals surface area contributed by atoms with Crippen LogP contribution >= 0.6 is 0 Å². The fourth-order valence-corrected chi connectivity index (χ4v) is 3.21. The van der Waals surface area contributed by atoms with Crippen molar-refractivity contribution >= 4 is 17.8 Å². The summed E-state index contributed by atoms with van der Waals surface area (Å²) in [5, 5.41) is 5.94. The Hall–Kier alpha value is -2.57. The molecule has 1 saturated heterocycles. The maximum atomic E-state index is 11.6. The van der Waals surface area contributed by atoms with E-state index >= 15 is 0 Å². The summed E-state index contributed by atoms with van der Waals surface area (Å²) in [5.41, 5.74) is 7.03. The molecule has 1 aliphatic heterocycles. The lowest BCUT2D eigenvalue weighted by Gasteiger charge is -2.34. The highest BCUT2D eigenvalue weighted by atomic mass is 16.1. The predicted octanol–water partition coefficient (Wildman–Crippen LogP) is 1.10. The monoisotopic (exact) mass is 359 g/mol. The predicted molar refractivity (Wildman–Crippen MR) is 103 cm³/mol. The van der Waals surface area contributed by atoms with Crippen molar-refractivity contribution < 1.29 is 9.59 Å². The molecule has 0 aliphatic carbocycles. The molecule has 0 aromatic heterocycles. The zero-order valence-corrected chi connectivity index (χ0v) is 15.6. The molecule has 1 atom stereocenters. The van der Waals surface area contributed by atoms with Gasteiger partial charge in [0.25, 0.3) is 5.91 Å². The molecule has 7 nitrogen and oxygen atoms in total. The minimum Gasteiger partial charge on any atom is -0.370 e. The lowest BCUT2D eigenvalue weighted by molar-refractivity contribution is -0.119. The topological polar surface area (TPSA) is 99.8 Å². The Kier molecular flexibility index (Phi) is 7.44. The SMILES string of the molecule is CCNC(=NCc1ccc(C(=O)NC)cc1)N1CCCC(CC(N)=O)C1. The number of nitrogens with zero attached hydrogens (tertiary/aromatic N) is 2. The second-order valence-corrected chi connectivity index (χ2v) is 6.57. The summed E-state index contributed by atoms with van der Waals surface area (Å²) in [6.45, 7) is 5.08. The van der Waals surface area contributed by atoms with Gasteiger partial charge >= 0.3 is 0 Å². The van der Waals surface area contributed by atoms with Crippen LogP contribution in [0.1, 0.15) is 42.1 Å². The zero-order chi connectivity index (χ0) is 18.9. The second kappa shape index (κ2) is 9.79. The van der Waals surface area contributed by atoms with Gasteiger partial charge in [-0.15, -0.1) is 0 Å². The molecule has 1 aromatic rings. The molecule has 1 unspecified atom stereocenters. The quantitative estimate of drug-likeness (QED) is 0.523. The Morgan fingerprint density at radius 2 is 2.04 bits per heavy atom. The van der Waals surface area contributed by atoms with Crippen LogP contribution < -0.4 is 16.4 Å². The van der Waals surface area contributed by atoms with E-state index in [1.165, 1.54) is 0 Å². The minimum atomic E-state index is -0.241. The number of amides is 2. The lowest BCUT2D eigenvalue weighted by atomic mass is 9.95. The summed E-state index contributed by atoms with van der Waals surface area (Å²) in [4.78, 5) is 29.7. The van der Waals surface area contributed by atoms with E-state index in [0.717, 1.165) is 44.0 Å². The number of carbonyl (C=O) groups is 2. The molecule has 26 heavy (non-hydrogen) atoms. The Morgan fingerprint density at radius 3 is 2.65 bits per heavy atom. The maximum Gasteiger partial charge on any atom is 0.251 e. The van der Waals surface area contributed by atoms with Crippen LogP contribution in [0.5, 0.6) is 0 Å². The molecule has 1 aliphatic rings. The van der Waals surface area contributed by atoms with Crippen molar-refractivity contribution in [3.05, 3.63) is 35.4 Å². The first-order chi connectivity index (χ1) is 12.5. The molecule has 0 bridgehead atoms. The molecular formula is C19H29N5O2. The number of hydrogen-bond acceptors (Lipinski definition) is 3. The van der Waals surface area contributed by atoms with Gasteiger partial charge in [-0.2, -0.15) is 0 Å². The number of hydrogen-bond donors (Lipinski definition) is 3. The van der Waals surface area contributed by atoms with Crippen LogP contribution in [0.4, 0.5) is 0 Å². The van der Waals surface area contributed by atoms with Gasteiger partial charge in [0.1, 0.15) is 0 Å². The first kappa shape index (κ1) is 19.8. The third-order valence-electron chi connectivity index (χ3n) is 4.50. The molecule has 7 heteroatoms. The summed E-state index contributed by atoms with van der Waals surface area (Å²) >= 11 is 0. The van der Waals surface area contributed by atoms with E-state index in [0.29, 0.717) is 18.5 Å². The van der Waals surface area contributed by atoms with Crippen LogP contribution in [0.15, 0.2) is 29.3 Å². The first-order valence-electron chi connectivity index (χ1n) is 9.16. The van der Waals surface area contributed by atoms with Crippen LogP contribution in [0.25, 0.3) is 0 Å². The van der Waals surface area contributed by atoms with Crippen molar-refractivity contribution in [2.24, 2.45) is 16.6 Å². The molecule has 0 saturated carbocycles. The number of primary amides is 1. The van der Waals surface area contributed by atoms with Gasteiger partial charge in [0.05, 0.1) is 6.54 Å². The maximum absolute atomic E-state index is 11.6. The molecule has 4 N–H and O–H groups in total. The van der Waals surface area contributed by atoms with Crippen molar-refractivity contribution in [3.63, 3.8) is 0 Å². The number of rotatable bonds is 6. The third kappa shape index (κ3) is 5.75. The van der Waals surface area contributed by atoms with Crippen molar-refractivity contribution in [1.82, 2.24) is 15.5 Å². The first-order valence-corrected chi connectivity index (χ1v) is 9.16. The number of guanidine groups is 1. The van der Waals surface area contributed by atoms with Gasteiger partial charge in [-0.25, -0.2) is 4.99 Å². The summed E-state index contributed by atoms with van der Waals surface area (Å²) in [6.07, 6.45) is 2.49. The second-order valence-electron chi connectivity index (χ2n) is 6.57. The minimum absolute atomic E-state index is 0.0952. The van der Waals surface area contributed by atoms with E-state index in [4.69, 9.17) is 10.7 Å². The number of piperidine rings is 1. The van der Waals surface area contributed by atoms with Gasteiger partial charge in [-0.1, -0.05) is 12.1 Å². The number of nitrogens with two attached hydrogens (primary N) is 1. The Balaban J connectivity index is 2.03. The molecular weight excluding hydrogens is 330 g/mol. The van der Waals surface area contributed by atoms with Gasteiger partial charge in [0, 0.05) is 38.7 Å². The third-order valence-corrected chi connectivity index (χ3v) is 4.50. The Labute approximate surface area is 155 Å². The van der Waals surface area contributed by atoms with Crippen LogP contribution in [-0.4, -0.2) is 49.4 Å². The highest BCUT2D eigenvalue weighted by molar-refractivity contribution is 5.93. The molecule has 2 amide bonds. The number of likely N-dealkylation sites (tertiary alicyclic amines) is 1.